The summed E-state index contributed by atoms with van der Waals surface area (Å²) in [5.74, 6) is -0.255. The molecule has 0 aliphatic rings. The van der Waals surface area contributed by atoms with Crippen molar-refractivity contribution in [1.29, 1.82) is 0 Å². The third-order valence-corrected chi connectivity index (χ3v) is 4.85. The summed E-state index contributed by atoms with van der Waals surface area (Å²) in [4.78, 5) is 25.4. The van der Waals surface area contributed by atoms with E-state index in [1.54, 1.807) is 43.3 Å². The molecule has 0 unspecified atom stereocenters. The Labute approximate surface area is 180 Å². The van der Waals surface area contributed by atoms with Crippen molar-refractivity contribution >= 4 is 34.0 Å². The van der Waals surface area contributed by atoms with E-state index < -0.39 is 6.10 Å². The highest BCUT2D eigenvalue weighted by molar-refractivity contribution is 6.06. The molecule has 0 aromatic heterocycles. The quantitative estimate of drug-likeness (QED) is 0.441. The zero-order chi connectivity index (χ0) is 21.6. The van der Waals surface area contributed by atoms with Crippen LogP contribution in [-0.2, 0) is 4.79 Å². The van der Waals surface area contributed by atoms with Crippen LogP contribution in [-0.4, -0.2) is 17.9 Å². The Morgan fingerprint density at radius 1 is 0.710 bits per heavy atom. The van der Waals surface area contributed by atoms with Crippen LogP contribution in [0.3, 0.4) is 0 Å². The van der Waals surface area contributed by atoms with E-state index in [1.165, 1.54) is 0 Å². The Hall–Kier alpha value is -4.12. The van der Waals surface area contributed by atoms with Gasteiger partial charge in [0.2, 0.25) is 0 Å². The maximum absolute atomic E-state index is 12.7. The van der Waals surface area contributed by atoms with Crippen LogP contribution >= 0.6 is 0 Å². The predicted octanol–water partition coefficient (Wildman–Crippen LogP) is 5.50. The van der Waals surface area contributed by atoms with Crippen molar-refractivity contribution in [1.82, 2.24) is 0 Å². The van der Waals surface area contributed by atoms with Crippen molar-refractivity contribution in [2.45, 2.75) is 13.0 Å². The van der Waals surface area contributed by atoms with E-state index in [0.717, 1.165) is 10.8 Å². The molecule has 1 atom stereocenters. The molecular formula is C26H22N2O3. The number of rotatable bonds is 6. The average molecular weight is 410 g/mol. The van der Waals surface area contributed by atoms with Crippen molar-refractivity contribution in [2.75, 3.05) is 10.6 Å². The molecule has 2 amide bonds. The number of hydrogen-bond acceptors (Lipinski definition) is 3. The van der Waals surface area contributed by atoms with Crippen molar-refractivity contribution in [3.05, 3.63) is 103 Å². The Bertz CT molecular complexity index is 1220. The summed E-state index contributed by atoms with van der Waals surface area (Å²) in [6.45, 7) is 1.66. The lowest BCUT2D eigenvalue weighted by molar-refractivity contribution is -0.122. The monoisotopic (exact) mass is 410 g/mol. The first-order valence-electron chi connectivity index (χ1n) is 10.0. The van der Waals surface area contributed by atoms with Crippen LogP contribution in [0.15, 0.2) is 97.1 Å². The van der Waals surface area contributed by atoms with E-state index in [2.05, 4.69) is 10.6 Å². The molecule has 0 bridgehead atoms. The van der Waals surface area contributed by atoms with Crippen LogP contribution < -0.4 is 15.4 Å². The first kappa shape index (κ1) is 20.2. The normalized spacial score (nSPS) is 11.5. The molecule has 4 aromatic carbocycles. The Morgan fingerprint density at radius 3 is 2.19 bits per heavy atom. The van der Waals surface area contributed by atoms with Crippen LogP contribution in [0, 0.1) is 0 Å². The largest absolute Gasteiger partial charge is 0.480 e. The molecule has 0 aliphatic heterocycles. The lowest BCUT2D eigenvalue weighted by Crippen LogP contribution is -2.30. The van der Waals surface area contributed by atoms with Gasteiger partial charge < -0.3 is 15.4 Å². The molecule has 5 heteroatoms. The molecule has 4 rings (SSSR count). The van der Waals surface area contributed by atoms with Gasteiger partial charge in [0, 0.05) is 11.4 Å². The first-order valence-corrected chi connectivity index (χ1v) is 10.0. The van der Waals surface area contributed by atoms with Gasteiger partial charge in [0.25, 0.3) is 11.8 Å². The highest BCUT2D eigenvalue weighted by Crippen LogP contribution is 2.22. The minimum atomic E-state index is -0.794. The summed E-state index contributed by atoms with van der Waals surface area (Å²) in [6, 6.07) is 29.7. The number of benzene rings is 4. The second-order valence-corrected chi connectivity index (χ2v) is 7.13. The molecule has 0 saturated carbocycles. The zero-order valence-electron chi connectivity index (χ0n) is 17.0. The summed E-state index contributed by atoms with van der Waals surface area (Å²) < 4.78 is 5.85. The molecule has 5 nitrogen and oxygen atoms in total. The van der Waals surface area contributed by atoms with E-state index in [1.807, 2.05) is 60.7 Å². The highest BCUT2D eigenvalue weighted by Gasteiger charge is 2.19. The fourth-order valence-corrected chi connectivity index (χ4v) is 3.23. The third kappa shape index (κ3) is 4.90. The summed E-state index contributed by atoms with van der Waals surface area (Å²) in [7, 11) is 0. The summed E-state index contributed by atoms with van der Waals surface area (Å²) in [6.07, 6.45) is -0.794. The highest BCUT2D eigenvalue weighted by atomic mass is 16.5. The molecule has 0 heterocycles. The standard InChI is InChI=1S/C26H22N2O3/c1-18(25(29)28-22-16-15-19-9-5-6-10-20(19)17-22)31-24-14-8-7-13-23(24)26(30)27-21-11-3-2-4-12-21/h2-18H,1H3,(H,27,30)(H,28,29)/t18-/m1/s1. The summed E-state index contributed by atoms with van der Waals surface area (Å²) in [5, 5.41) is 7.86. The van der Waals surface area contributed by atoms with Crippen LogP contribution in [0.5, 0.6) is 5.75 Å². The first-order chi connectivity index (χ1) is 15.1. The Kier molecular flexibility index (Phi) is 5.94. The number of nitrogens with one attached hydrogen (secondary N) is 2. The number of hydrogen-bond donors (Lipinski definition) is 2. The summed E-state index contributed by atoms with van der Waals surface area (Å²) in [5.41, 5.74) is 1.73. The van der Waals surface area contributed by atoms with Crippen molar-refractivity contribution < 1.29 is 14.3 Å². The molecular weight excluding hydrogens is 388 g/mol. The third-order valence-electron chi connectivity index (χ3n) is 4.85. The van der Waals surface area contributed by atoms with Gasteiger partial charge in [-0.1, -0.05) is 60.7 Å². The van der Waals surface area contributed by atoms with Gasteiger partial charge in [-0.25, -0.2) is 0 Å². The van der Waals surface area contributed by atoms with Gasteiger partial charge in [-0.05, 0) is 54.1 Å². The molecule has 0 saturated heterocycles. The maximum atomic E-state index is 12.7. The molecule has 0 fully saturated rings. The smallest absolute Gasteiger partial charge is 0.265 e. The Balaban J connectivity index is 1.45. The molecule has 4 aromatic rings. The maximum Gasteiger partial charge on any atom is 0.265 e. The number of para-hydroxylation sites is 2. The van der Waals surface area contributed by atoms with E-state index in [0.29, 0.717) is 22.7 Å². The van der Waals surface area contributed by atoms with E-state index in [-0.39, 0.29) is 11.8 Å². The van der Waals surface area contributed by atoms with Gasteiger partial charge in [-0.15, -0.1) is 0 Å². The predicted molar refractivity (Wildman–Crippen MR) is 124 cm³/mol. The second-order valence-electron chi connectivity index (χ2n) is 7.13. The van der Waals surface area contributed by atoms with Crippen LogP contribution in [0.4, 0.5) is 11.4 Å². The van der Waals surface area contributed by atoms with Crippen molar-refractivity contribution in [2.24, 2.45) is 0 Å². The number of carbonyl (C=O) groups is 2. The van der Waals surface area contributed by atoms with Gasteiger partial charge in [0.1, 0.15) is 5.75 Å². The number of ether oxygens (including phenoxy) is 1. The van der Waals surface area contributed by atoms with Crippen LogP contribution in [0.25, 0.3) is 10.8 Å². The van der Waals surface area contributed by atoms with Gasteiger partial charge in [0.05, 0.1) is 5.56 Å². The molecule has 0 radical (unpaired) electrons. The van der Waals surface area contributed by atoms with Gasteiger partial charge in [-0.3, -0.25) is 9.59 Å². The van der Waals surface area contributed by atoms with Crippen LogP contribution in [0.2, 0.25) is 0 Å². The minimum Gasteiger partial charge on any atom is -0.480 e. The molecule has 2 N–H and O–H groups in total. The average Bonchev–Trinajstić information content (AvgIpc) is 2.80. The fraction of sp³-hybridized carbons (Fsp3) is 0.0769. The molecule has 0 spiro atoms. The molecule has 31 heavy (non-hydrogen) atoms. The lowest BCUT2D eigenvalue weighted by Gasteiger charge is -2.17. The van der Waals surface area contributed by atoms with E-state index >= 15 is 0 Å². The van der Waals surface area contributed by atoms with Gasteiger partial charge in [0.15, 0.2) is 6.10 Å². The minimum absolute atomic E-state index is 0.298. The molecule has 154 valence electrons. The Morgan fingerprint density at radius 2 is 1.39 bits per heavy atom. The van der Waals surface area contributed by atoms with Crippen molar-refractivity contribution in [3.8, 4) is 5.75 Å². The number of fused-ring (bicyclic) bond motifs is 1. The van der Waals surface area contributed by atoms with Gasteiger partial charge in [-0.2, -0.15) is 0 Å². The number of carbonyl (C=O) groups excluding carboxylic acids is 2. The van der Waals surface area contributed by atoms with E-state index in [9.17, 15) is 9.59 Å². The number of amides is 2. The number of anilines is 2. The SMILES string of the molecule is C[C@@H](Oc1ccccc1C(=O)Nc1ccccc1)C(=O)Nc1ccc2ccccc2c1. The van der Waals surface area contributed by atoms with Crippen molar-refractivity contribution in [3.63, 3.8) is 0 Å². The molecule has 0 aliphatic carbocycles. The summed E-state index contributed by atoms with van der Waals surface area (Å²) >= 11 is 0. The van der Waals surface area contributed by atoms with E-state index in [4.69, 9.17) is 4.74 Å². The van der Waals surface area contributed by atoms with Crippen LogP contribution in [0.1, 0.15) is 17.3 Å². The second kappa shape index (κ2) is 9.13. The topological polar surface area (TPSA) is 67.4 Å². The fourth-order valence-electron chi connectivity index (χ4n) is 3.23. The zero-order valence-corrected chi connectivity index (χ0v) is 17.0. The van der Waals surface area contributed by atoms with Gasteiger partial charge >= 0.3 is 0 Å². The lowest BCUT2D eigenvalue weighted by atomic mass is 10.1.